The first-order valence-electron chi connectivity index (χ1n) is 10.0. The smallest absolute Gasteiger partial charge is 0.261 e. The number of nitrogens with zero attached hydrogens (tertiary/aromatic N) is 1. The molecule has 30 heavy (non-hydrogen) atoms. The van der Waals surface area contributed by atoms with E-state index in [-0.39, 0.29) is 25.0 Å². The molecule has 162 valence electrons. The standard InChI is InChI=1S/C24H31ClN2O3/c1-16-7-8-17(2)21(13-16)30-15-22(28)27(14-19-9-11-20(25)12-10-19)18(3)23(29)26-24(4,5)6/h7-13,18H,14-15H2,1-6H3,(H,26,29)/t18-/m1/s1. The van der Waals surface area contributed by atoms with Gasteiger partial charge in [0.1, 0.15) is 11.8 Å². The third kappa shape index (κ3) is 7.06. The van der Waals surface area contributed by atoms with Crippen LogP contribution in [0.15, 0.2) is 42.5 Å². The summed E-state index contributed by atoms with van der Waals surface area (Å²) in [5.74, 6) is 0.195. The second-order valence-electron chi connectivity index (χ2n) is 8.62. The highest BCUT2D eigenvalue weighted by molar-refractivity contribution is 6.30. The summed E-state index contributed by atoms with van der Waals surface area (Å²) in [4.78, 5) is 27.4. The number of nitrogens with one attached hydrogen (secondary N) is 1. The predicted molar refractivity (Wildman–Crippen MR) is 121 cm³/mol. The molecule has 1 N–H and O–H groups in total. The summed E-state index contributed by atoms with van der Waals surface area (Å²) in [6.07, 6.45) is 0. The van der Waals surface area contributed by atoms with Gasteiger partial charge >= 0.3 is 0 Å². The Kier molecular flexibility index (Phi) is 7.90. The van der Waals surface area contributed by atoms with Gasteiger partial charge in [0.05, 0.1) is 0 Å². The van der Waals surface area contributed by atoms with Crippen LogP contribution in [0.2, 0.25) is 5.02 Å². The highest BCUT2D eigenvalue weighted by Gasteiger charge is 2.28. The van der Waals surface area contributed by atoms with Crippen LogP contribution in [-0.2, 0) is 16.1 Å². The fourth-order valence-electron chi connectivity index (χ4n) is 2.93. The van der Waals surface area contributed by atoms with Crippen molar-refractivity contribution in [2.45, 2.75) is 59.7 Å². The third-order valence-corrected chi connectivity index (χ3v) is 4.88. The van der Waals surface area contributed by atoms with Crippen LogP contribution in [-0.4, -0.2) is 34.9 Å². The Balaban J connectivity index is 2.20. The van der Waals surface area contributed by atoms with Gasteiger partial charge in [0, 0.05) is 17.1 Å². The maximum atomic E-state index is 13.1. The average molecular weight is 431 g/mol. The monoisotopic (exact) mass is 430 g/mol. The van der Waals surface area contributed by atoms with Crippen molar-refractivity contribution in [3.8, 4) is 5.75 Å². The van der Waals surface area contributed by atoms with Gasteiger partial charge in [-0.25, -0.2) is 0 Å². The molecule has 2 aromatic carbocycles. The molecule has 0 saturated heterocycles. The summed E-state index contributed by atoms with van der Waals surface area (Å²) in [6, 6.07) is 12.4. The predicted octanol–water partition coefficient (Wildman–Crippen LogP) is 4.67. The molecule has 0 aliphatic carbocycles. The molecular formula is C24H31ClN2O3. The third-order valence-electron chi connectivity index (χ3n) is 4.63. The number of halogens is 1. The summed E-state index contributed by atoms with van der Waals surface area (Å²) in [6.45, 7) is 11.5. The van der Waals surface area contributed by atoms with Crippen molar-refractivity contribution in [3.63, 3.8) is 0 Å². The minimum atomic E-state index is -0.658. The lowest BCUT2D eigenvalue weighted by Gasteiger charge is -2.31. The number of ether oxygens (including phenoxy) is 1. The molecule has 0 unspecified atom stereocenters. The maximum Gasteiger partial charge on any atom is 0.261 e. The van der Waals surface area contributed by atoms with E-state index in [1.807, 2.05) is 65.0 Å². The van der Waals surface area contributed by atoms with Gasteiger partial charge in [-0.2, -0.15) is 0 Å². The molecule has 0 aliphatic heterocycles. The summed E-state index contributed by atoms with van der Waals surface area (Å²) < 4.78 is 5.80. The molecule has 0 heterocycles. The van der Waals surface area contributed by atoms with Crippen LogP contribution in [0.1, 0.15) is 44.4 Å². The van der Waals surface area contributed by atoms with Crippen molar-refractivity contribution in [2.24, 2.45) is 0 Å². The van der Waals surface area contributed by atoms with E-state index < -0.39 is 11.6 Å². The Morgan fingerprint density at radius 2 is 1.73 bits per heavy atom. The first kappa shape index (κ1) is 23.7. The lowest BCUT2D eigenvalue weighted by atomic mass is 10.1. The van der Waals surface area contributed by atoms with Gasteiger partial charge < -0.3 is 15.0 Å². The number of aryl methyl sites for hydroxylation is 2. The molecule has 0 fully saturated rings. The van der Waals surface area contributed by atoms with Crippen molar-refractivity contribution < 1.29 is 14.3 Å². The second kappa shape index (κ2) is 9.98. The Morgan fingerprint density at radius 3 is 2.33 bits per heavy atom. The van der Waals surface area contributed by atoms with Crippen LogP contribution >= 0.6 is 11.6 Å². The highest BCUT2D eigenvalue weighted by atomic mass is 35.5. The lowest BCUT2D eigenvalue weighted by molar-refractivity contribution is -0.142. The van der Waals surface area contributed by atoms with Crippen molar-refractivity contribution in [1.82, 2.24) is 10.2 Å². The number of rotatable bonds is 7. The van der Waals surface area contributed by atoms with Crippen molar-refractivity contribution in [3.05, 3.63) is 64.2 Å². The topological polar surface area (TPSA) is 58.6 Å². The van der Waals surface area contributed by atoms with E-state index in [0.717, 1.165) is 16.7 Å². The molecule has 6 heteroatoms. The first-order chi connectivity index (χ1) is 14.0. The first-order valence-corrected chi connectivity index (χ1v) is 10.4. The van der Waals surface area contributed by atoms with Gasteiger partial charge in [-0.05, 0) is 76.4 Å². The van der Waals surface area contributed by atoms with Crippen molar-refractivity contribution in [2.75, 3.05) is 6.61 Å². The van der Waals surface area contributed by atoms with Gasteiger partial charge in [-0.15, -0.1) is 0 Å². The molecular weight excluding hydrogens is 400 g/mol. The largest absolute Gasteiger partial charge is 0.483 e. The zero-order valence-electron chi connectivity index (χ0n) is 18.6. The molecule has 2 aromatic rings. The van der Waals surface area contributed by atoms with E-state index in [1.54, 1.807) is 19.1 Å². The molecule has 5 nitrogen and oxygen atoms in total. The number of hydrogen-bond acceptors (Lipinski definition) is 3. The molecule has 0 aromatic heterocycles. The van der Waals surface area contributed by atoms with E-state index >= 15 is 0 Å². The van der Waals surface area contributed by atoms with Gasteiger partial charge in [0.2, 0.25) is 5.91 Å². The minimum absolute atomic E-state index is 0.148. The SMILES string of the molecule is Cc1ccc(C)c(OCC(=O)N(Cc2ccc(Cl)cc2)[C@H](C)C(=O)NC(C)(C)C)c1. The average Bonchev–Trinajstić information content (AvgIpc) is 2.66. The zero-order valence-corrected chi connectivity index (χ0v) is 19.3. The normalized spacial score (nSPS) is 12.2. The summed E-state index contributed by atoms with van der Waals surface area (Å²) in [5, 5.41) is 3.56. The van der Waals surface area contributed by atoms with Gasteiger partial charge in [0.15, 0.2) is 6.61 Å². The van der Waals surface area contributed by atoms with Crippen molar-refractivity contribution in [1.29, 1.82) is 0 Å². The Bertz CT molecular complexity index is 888. The zero-order chi connectivity index (χ0) is 22.5. The Morgan fingerprint density at radius 1 is 1.10 bits per heavy atom. The van der Waals surface area contributed by atoms with Crippen LogP contribution in [0.3, 0.4) is 0 Å². The molecule has 0 radical (unpaired) electrons. The lowest BCUT2D eigenvalue weighted by Crippen LogP contribution is -2.53. The van der Waals surface area contributed by atoms with Crippen molar-refractivity contribution >= 4 is 23.4 Å². The van der Waals surface area contributed by atoms with E-state index in [4.69, 9.17) is 16.3 Å². The van der Waals surface area contributed by atoms with E-state index in [2.05, 4.69) is 5.32 Å². The highest BCUT2D eigenvalue weighted by Crippen LogP contribution is 2.20. The van der Waals surface area contributed by atoms with Gasteiger partial charge in [0.25, 0.3) is 5.91 Å². The number of carbonyl (C=O) groups excluding carboxylic acids is 2. The molecule has 1 atom stereocenters. The van der Waals surface area contributed by atoms with Crippen LogP contribution in [0.25, 0.3) is 0 Å². The molecule has 0 spiro atoms. The van der Waals surface area contributed by atoms with Gasteiger partial charge in [-0.3, -0.25) is 9.59 Å². The number of hydrogen-bond donors (Lipinski definition) is 1. The summed E-state index contributed by atoms with van der Waals surface area (Å²) in [7, 11) is 0. The fraction of sp³-hybridized carbons (Fsp3) is 0.417. The quantitative estimate of drug-likeness (QED) is 0.694. The second-order valence-corrected chi connectivity index (χ2v) is 9.06. The molecule has 2 rings (SSSR count). The van der Waals surface area contributed by atoms with Crippen LogP contribution < -0.4 is 10.1 Å². The summed E-state index contributed by atoms with van der Waals surface area (Å²) >= 11 is 5.98. The fourth-order valence-corrected chi connectivity index (χ4v) is 3.05. The Labute approximate surface area is 184 Å². The molecule has 2 amide bonds. The van der Waals surface area contributed by atoms with E-state index in [0.29, 0.717) is 10.8 Å². The number of carbonyl (C=O) groups is 2. The maximum absolute atomic E-state index is 13.1. The number of benzene rings is 2. The molecule has 0 aliphatic rings. The van der Waals surface area contributed by atoms with E-state index in [1.165, 1.54) is 4.90 Å². The molecule has 0 bridgehead atoms. The van der Waals surface area contributed by atoms with Crippen LogP contribution in [0.4, 0.5) is 0 Å². The number of amides is 2. The minimum Gasteiger partial charge on any atom is -0.483 e. The van der Waals surface area contributed by atoms with Gasteiger partial charge in [-0.1, -0.05) is 35.9 Å². The Hall–Kier alpha value is -2.53. The summed E-state index contributed by atoms with van der Waals surface area (Å²) in [5.41, 5.74) is 2.50. The van der Waals surface area contributed by atoms with Crippen LogP contribution in [0, 0.1) is 13.8 Å². The van der Waals surface area contributed by atoms with Crippen LogP contribution in [0.5, 0.6) is 5.75 Å². The van der Waals surface area contributed by atoms with E-state index in [9.17, 15) is 9.59 Å². The molecule has 0 saturated carbocycles.